The second-order valence-corrected chi connectivity index (χ2v) is 7.28. The van der Waals surface area contributed by atoms with E-state index in [4.69, 9.17) is 4.74 Å². The van der Waals surface area contributed by atoms with Gasteiger partial charge >= 0.3 is 6.18 Å². The number of carbonyl (C=O) groups excluding carboxylic acids is 1. The average Bonchev–Trinajstić information content (AvgIpc) is 3.25. The molecule has 2 aliphatic rings. The van der Waals surface area contributed by atoms with Crippen molar-refractivity contribution in [2.75, 3.05) is 39.3 Å². The van der Waals surface area contributed by atoms with Crippen LogP contribution in [0.1, 0.15) is 30.9 Å². The zero-order valence-electron chi connectivity index (χ0n) is 17.3. The summed E-state index contributed by atoms with van der Waals surface area (Å²) in [5.41, 5.74) is -1.11. The number of carbonyl (C=O) groups is 1. The Bertz CT molecular complexity index is 777. The van der Waals surface area contributed by atoms with Crippen molar-refractivity contribution in [3.05, 3.63) is 35.1 Å². The first kappa shape index (κ1) is 25.6. The first-order chi connectivity index (χ1) is 14.3. The van der Waals surface area contributed by atoms with Crippen LogP contribution in [0.3, 0.4) is 0 Å². The topological polar surface area (TPSA) is 57.2 Å². The molecule has 174 valence electrons. The molecular formula is C20H27F4IN4O2. The van der Waals surface area contributed by atoms with Crippen molar-refractivity contribution in [2.24, 2.45) is 4.99 Å². The van der Waals surface area contributed by atoms with Crippen molar-refractivity contribution >= 4 is 35.8 Å². The van der Waals surface area contributed by atoms with Crippen molar-refractivity contribution in [3.8, 4) is 0 Å². The van der Waals surface area contributed by atoms with E-state index in [1.807, 2.05) is 11.8 Å². The van der Waals surface area contributed by atoms with E-state index in [2.05, 4.69) is 10.3 Å². The highest BCUT2D eigenvalue weighted by molar-refractivity contribution is 14.0. The molecular weight excluding hydrogens is 531 g/mol. The van der Waals surface area contributed by atoms with Crippen molar-refractivity contribution in [3.63, 3.8) is 0 Å². The van der Waals surface area contributed by atoms with Crippen molar-refractivity contribution in [1.82, 2.24) is 15.1 Å². The van der Waals surface area contributed by atoms with E-state index in [9.17, 15) is 22.4 Å². The van der Waals surface area contributed by atoms with Gasteiger partial charge in [-0.1, -0.05) is 6.07 Å². The number of guanidine groups is 1. The summed E-state index contributed by atoms with van der Waals surface area (Å²) >= 11 is 0. The summed E-state index contributed by atoms with van der Waals surface area (Å²) in [6.07, 6.45) is -3.39. The maximum Gasteiger partial charge on any atom is 0.416 e. The van der Waals surface area contributed by atoms with E-state index in [0.29, 0.717) is 51.4 Å². The molecule has 31 heavy (non-hydrogen) atoms. The number of nitrogens with zero attached hydrogens (tertiary/aromatic N) is 3. The van der Waals surface area contributed by atoms with Gasteiger partial charge in [0.2, 0.25) is 0 Å². The van der Waals surface area contributed by atoms with E-state index in [1.165, 1.54) is 0 Å². The Morgan fingerprint density at radius 2 is 1.90 bits per heavy atom. The van der Waals surface area contributed by atoms with Gasteiger partial charge in [0.05, 0.1) is 12.1 Å². The summed E-state index contributed by atoms with van der Waals surface area (Å²) in [6.45, 7) is 4.80. The molecule has 0 aliphatic carbocycles. The maximum absolute atomic E-state index is 13.3. The highest BCUT2D eigenvalue weighted by Gasteiger charge is 2.34. The molecule has 0 saturated carbocycles. The lowest BCUT2D eigenvalue weighted by atomic mass is 10.1. The molecule has 2 aliphatic heterocycles. The number of amides is 1. The molecule has 1 unspecified atom stereocenters. The van der Waals surface area contributed by atoms with Crippen LogP contribution >= 0.6 is 24.0 Å². The lowest BCUT2D eigenvalue weighted by Crippen LogP contribution is -2.55. The number of nitrogens with one attached hydrogen (secondary N) is 1. The van der Waals surface area contributed by atoms with Crippen molar-refractivity contribution in [1.29, 1.82) is 0 Å². The molecule has 3 rings (SSSR count). The Hall–Kier alpha value is -1.63. The third-order valence-electron chi connectivity index (χ3n) is 5.21. The van der Waals surface area contributed by atoms with E-state index in [0.717, 1.165) is 25.0 Å². The summed E-state index contributed by atoms with van der Waals surface area (Å²) in [5.74, 6) is -0.469. The Balaban J connectivity index is 0.00000341. The zero-order chi connectivity index (χ0) is 21.7. The molecule has 6 nitrogen and oxygen atoms in total. The minimum atomic E-state index is -4.65. The first-order valence-corrected chi connectivity index (χ1v) is 10.1. The largest absolute Gasteiger partial charge is 0.416 e. The van der Waals surface area contributed by atoms with Gasteiger partial charge in [-0.15, -0.1) is 24.0 Å². The zero-order valence-corrected chi connectivity index (χ0v) is 19.6. The molecule has 1 aromatic rings. The Kier molecular flexibility index (Phi) is 9.34. The number of ether oxygens (including phenoxy) is 1. The van der Waals surface area contributed by atoms with Crippen LogP contribution in [0, 0.1) is 5.82 Å². The molecule has 1 amide bonds. The summed E-state index contributed by atoms with van der Waals surface area (Å²) < 4.78 is 58.4. The molecule has 1 aromatic carbocycles. The van der Waals surface area contributed by atoms with E-state index in [1.54, 1.807) is 4.90 Å². The van der Waals surface area contributed by atoms with Gasteiger partial charge in [0.25, 0.3) is 5.91 Å². The molecule has 2 heterocycles. The van der Waals surface area contributed by atoms with Gasteiger partial charge in [-0.05, 0) is 37.5 Å². The number of aliphatic imine (C=N–C) groups is 1. The predicted octanol–water partition coefficient (Wildman–Crippen LogP) is 3.25. The van der Waals surface area contributed by atoms with Crippen LogP contribution in [-0.2, 0) is 22.3 Å². The van der Waals surface area contributed by atoms with Crippen LogP contribution in [0.25, 0.3) is 0 Å². The Labute approximate surface area is 196 Å². The van der Waals surface area contributed by atoms with Gasteiger partial charge in [0.1, 0.15) is 11.9 Å². The molecule has 0 spiro atoms. The van der Waals surface area contributed by atoms with Crippen LogP contribution in [0.15, 0.2) is 23.2 Å². The minimum absolute atomic E-state index is 0. The van der Waals surface area contributed by atoms with E-state index in [-0.39, 0.29) is 48.1 Å². The molecule has 2 fully saturated rings. The summed E-state index contributed by atoms with van der Waals surface area (Å²) in [5, 5.41) is 3.08. The van der Waals surface area contributed by atoms with Gasteiger partial charge in [-0.2, -0.15) is 13.2 Å². The molecule has 1 atom stereocenters. The second kappa shape index (κ2) is 11.3. The number of rotatable bonds is 4. The highest BCUT2D eigenvalue weighted by atomic mass is 127. The minimum Gasteiger partial charge on any atom is -0.368 e. The fourth-order valence-electron chi connectivity index (χ4n) is 3.65. The molecule has 2 saturated heterocycles. The number of piperazine rings is 1. The maximum atomic E-state index is 13.3. The second-order valence-electron chi connectivity index (χ2n) is 7.28. The average molecular weight is 558 g/mol. The standard InChI is InChI=1S/C20H26F4N4O2.HI/c1-2-25-19(26-13-14-5-6-15(21)12-16(14)20(22,23)24)28-9-7-27(8-10-28)18(29)17-4-3-11-30-17;/h5-6,12,17H,2-4,7-11,13H2,1H3,(H,25,26);1H. The Morgan fingerprint density at radius 3 is 2.48 bits per heavy atom. The first-order valence-electron chi connectivity index (χ1n) is 10.1. The van der Waals surface area contributed by atoms with Crippen LogP contribution in [-0.4, -0.2) is 67.1 Å². The van der Waals surface area contributed by atoms with Gasteiger partial charge < -0.3 is 19.9 Å². The lowest BCUT2D eigenvalue weighted by Gasteiger charge is -2.37. The van der Waals surface area contributed by atoms with Crippen molar-refractivity contribution in [2.45, 2.75) is 38.6 Å². The molecule has 0 radical (unpaired) electrons. The smallest absolute Gasteiger partial charge is 0.368 e. The van der Waals surface area contributed by atoms with E-state index >= 15 is 0 Å². The summed E-state index contributed by atoms with van der Waals surface area (Å²) in [4.78, 5) is 20.5. The number of benzene rings is 1. The predicted molar refractivity (Wildman–Crippen MR) is 119 cm³/mol. The van der Waals surface area contributed by atoms with Crippen molar-refractivity contribution < 1.29 is 27.1 Å². The van der Waals surface area contributed by atoms with Gasteiger partial charge in [0.15, 0.2) is 5.96 Å². The van der Waals surface area contributed by atoms with Gasteiger partial charge in [-0.25, -0.2) is 9.38 Å². The monoisotopic (exact) mass is 558 g/mol. The van der Waals surface area contributed by atoms with Crippen LogP contribution in [0.2, 0.25) is 0 Å². The normalized spacial score (nSPS) is 19.9. The van der Waals surface area contributed by atoms with Crippen LogP contribution in [0.4, 0.5) is 17.6 Å². The third kappa shape index (κ3) is 6.67. The quantitative estimate of drug-likeness (QED) is 0.267. The number of hydrogen-bond donors (Lipinski definition) is 1. The van der Waals surface area contributed by atoms with Gasteiger partial charge in [0, 0.05) is 39.3 Å². The van der Waals surface area contributed by atoms with Crippen LogP contribution in [0.5, 0.6) is 0 Å². The fraction of sp³-hybridized carbons (Fsp3) is 0.600. The number of alkyl halides is 3. The fourth-order valence-corrected chi connectivity index (χ4v) is 3.65. The SMILES string of the molecule is CCNC(=NCc1ccc(F)cc1C(F)(F)F)N1CCN(C(=O)C2CCCO2)CC1.I. The summed E-state index contributed by atoms with van der Waals surface area (Å²) in [6, 6.07) is 2.61. The molecule has 11 heteroatoms. The lowest BCUT2D eigenvalue weighted by molar-refractivity contribution is -0.142. The number of hydrogen-bond acceptors (Lipinski definition) is 3. The molecule has 0 bridgehead atoms. The van der Waals surface area contributed by atoms with E-state index < -0.39 is 17.6 Å². The van der Waals surface area contributed by atoms with Crippen LogP contribution < -0.4 is 5.32 Å². The third-order valence-corrected chi connectivity index (χ3v) is 5.21. The molecule has 0 aromatic heterocycles. The highest BCUT2D eigenvalue weighted by Crippen LogP contribution is 2.33. The Morgan fingerprint density at radius 1 is 1.23 bits per heavy atom. The van der Waals surface area contributed by atoms with Gasteiger partial charge in [-0.3, -0.25) is 4.79 Å². The number of halogens is 5. The summed E-state index contributed by atoms with van der Waals surface area (Å²) in [7, 11) is 0. The molecule has 1 N–H and O–H groups in total.